The van der Waals surface area contributed by atoms with E-state index in [0.29, 0.717) is 6.42 Å². The Morgan fingerprint density at radius 1 is 1.47 bits per heavy atom. The Balaban J connectivity index is 2.26. The summed E-state index contributed by atoms with van der Waals surface area (Å²) in [5, 5.41) is 0. The normalized spacial score (nSPS) is 22.0. The first-order valence-corrected chi connectivity index (χ1v) is 7.11. The van der Waals surface area contributed by atoms with Crippen molar-refractivity contribution in [3.8, 4) is 11.8 Å². The first kappa shape index (κ1) is 15.8. The molecule has 0 aromatic rings. The highest BCUT2D eigenvalue weighted by atomic mass is 16.6. The molecule has 1 saturated heterocycles. The summed E-state index contributed by atoms with van der Waals surface area (Å²) in [7, 11) is 0. The number of carbonyl (C=O) groups excluding carboxylic acids is 1. The van der Waals surface area contributed by atoms with E-state index in [1.807, 2.05) is 0 Å². The van der Waals surface area contributed by atoms with Gasteiger partial charge in [-0.1, -0.05) is 38.2 Å². The van der Waals surface area contributed by atoms with Crippen LogP contribution in [0.4, 0.5) is 0 Å². The van der Waals surface area contributed by atoms with E-state index >= 15 is 0 Å². The minimum Gasteiger partial charge on any atom is -0.459 e. The first-order chi connectivity index (χ1) is 9.19. The van der Waals surface area contributed by atoms with Gasteiger partial charge in [-0.2, -0.15) is 0 Å². The Bertz CT molecular complexity index is 351. The molecule has 106 valence electrons. The van der Waals surface area contributed by atoms with Crippen molar-refractivity contribution in [2.75, 3.05) is 0 Å². The summed E-state index contributed by atoms with van der Waals surface area (Å²) >= 11 is 0. The van der Waals surface area contributed by atoms with Crippen LogP contribution in [0, 0.1) is 11.8 Å². The molecule has 1 aliphatic heterocycles. The Morgan fingerprint density at radius 2 is 2.26 bits per heavy atom. The summed E-state index contributed by atoms with van der Waals surface area (Å²) < 4.78 is 10.7. The van der Waals surface area contributed by atoms with Crippen molar-refractivity contribution in [1.82, 2.24) is 0 Å². The third-order valence-corrected chi connectivity index (χ3v) is 3.01. The SMILES string of the molecule is C=CC[C@H](OC(C)=O)[C@H]1O[C@H]1C#CCCCCCC. The lowest BCUT2D eigenvalue weighted by atomic mass is 10.1. The lowest BCUT2D eigenvalue weighted by Crippen LogP contribution is -2.23. The number of epoxide rings is 1. The number of hydrogen-bond donors (Lipinski definition) is 0. The molecule has 0 N–H and O–H groups in total. The quantitative estimate of drug-likeness (QED) is 0.222. The standard InChI is InChI=1S/C16H24O3/c1-4-6-7-8-9-10-12-15-16(19-15)14(11-5-2)18-13(3)17/h5,14-16H,2,4,6-9,11H2,1,3H3/t14-,15-,16+/m0/s1. The molecule has 1 aliphatic rings. The number of ether oxygens (including phenoxy) is 2. The van der Waals surface area contributed by atoms with E-state index in [4.69, 9.17) is 9.47 Å². The predicted octanol–water partition coefficient (Wildman–Crippen LogP) is 3.24. The molecule has 0 aliphatic carbocycles. The van der Waals surface area contributed by atoms with E-state index < -0.39 is 0 Å². The second-order valence-electron chi connectivity index (χ2n) is 4.83. The Morgan fingerprint density at radius 3 is 2.89 bits per heavy atom. The minimum atomic E-state index is -0.284. The Hall–Kier alpha value is -1.27. The fourth-order valence-electron chi connectivity index (χ4n) is 1.96. The fraction of sp³-hybridized carbons (Fsp3) is 0.688. The number of rotatable bonds is 8. The monoisotopic (exact) mass is 264 g/mol. The third kappa shape index (κ3) is 6.45. The molecule has 0 saturated carbocycles. The maximum Gasteiger partial charge on any atom is 0.303 e. The van der Waals surface area contributed by atoms with Crippen LogP contribution in [0.5, 0.6) is 0 Å². The maximum atomic E-state index is 11.0. The van der Waals surface area contributed by atoms with Crippen LogP contribution in [0.2, 0.25) is 0 Å². The van der Waals surface area contributed by atoms with E-state index in [2.05, 4.69) is 25.3 Å². The number of esters is 1. The van der Waals surface area contributed by atoms with Crippen LogP contribution >= 0.6 is 0 Å². The molecule has 1 rings (SSSR count). The molecule has 0 amide bonds. The average Bonchev–Trinajstić information content (AvgIpc) is 3.12. The summed E-state index contributed by atoms with van der Waals surface area (Å²) in [5.41, 5.74) is 0. The summed E-state index contributed by atoms with van der Waals surface area (Å²) in [6.07, 6.45) is 7.79. The van der Waals surface area contributed by atoms with Gasteiger partial charge in [0.15, 0.2) is 0 Å². The molecule has 0 unspecified atom stereocenters. The van der Waals surface area contributed by atoms with Gasteiger partial charge < -0.3 is 9.47 Å². The highest BCUT2D eigenvalue weighted by Gasteiger charge is 2.45. The molecule has 0 radical (unpaired) electrons. The lowest BCUT2D eigenvalue weighted by molar-refractivity contribution is -0.147. The van der Waals surface area contributed by atoms with Crippen LogP contribution in [0.3, 0.4) is 0 Å². The smallest absolute Gasteiger partial charge is 0.303 e. The van der Waals surface area contributed by atoms with Crippen molar-refractivity contribution >= 4 is 5.97 Å². The topological polar surface area (TPSA) is 38.8 Å². The molecule has 1 heterocycles. The largest absolute Gasteiger partial charge is 0.459 e. The second-order valence-corrected chi connectivity index (χ2v) is 4.83. The van der Waals surface area contributed by atoms with Gasteiger partial charge in [0.2, 0.25) is 0 Å². The highest BCUT2D eigenvalue weighted by Crippen LogP contribution is 2.28. The molecule has 19 heavy (non-hydrogen) atoms. The molecule has 0 aromatic carbocycles. The molecule has 0 bridgehead atoms. The van der Waals surface area contributed by atoms with E-state index in [-0.39, 0.29) is 24.3 Å². The maximum absolute atomic E-state index is 11.0. The van der Waals surface area contributed by atoms with Gasteiger partial charge in [0.1, 0.15) is 18.3 Å². The Kier molecular flexibility index (Phi) is 7.28. The van der Waals surface area contributed by atoms with Gasteiger partial charge in [-0.3, -0.25) is 4.79 Å². The van der Waals surface area contributed by atoms with Gasteiger partial charge in [0.25, 0.3) is 0 Å². The zero-order valence-electron chi connectivity index (χ0n) is 12.0. The van der Waals surface area contributed by atoms with E-state index in [1.54, 1.807) is 6.08 Å². The van der Waals surface area contributed by atoms with Crippen LogP contribution in [-0.2, 0) is 14.3 Å². The van der Waals surface area contributed by atoms with E-state index in [0.717, 1.165) is 12.8 Å². The van der Waals surface area contributed by atoms with Gasteiger partial charge in [0.05, 0.1) is 0 Å². The highest BCUT2D eigenvalue weighted by molar-refractivity contribution is 5.66. The number of hydrogen-bond acceptors (Lipinski definition) is 3. The molecule has 3 nitrogen and oxygen atoms in total. The van der Waals surface area contributed by atoms with Gasteiger partial charge in [0, 0.05) is 19.8 Å². The van der Waals surface area contributed by atoms with Crippen molar-refractivity contribution in [3.63, 3.8) is 0 Å². The fourth-order valence-corrected chi connectivity index (χ4v) is 1.96. The molecule has 0 spiro atoms. The number of carbonyl (C=O) groups is 1. The molecular formula is C16H24O3. The molecular weight excluding hydrogens is 240 g/mol. The summed E-state index contributed by atoms with van der Waals surface area (Å²) in [4.78, 5) is 11.0. The van der Waals surface area contributed by atoms with Crippen LogP contribution in [0.1, 0.15) is 52.4 Å². The zero-order chi connectivity index (χ0) is 14.1. The lowest BCUT2D eigenvalue weighted by Gasteiger charge is -2.11. The van der Waals surface area contributed by atoms with Crippen LogP contribution in [0.25, 0.3) is 0 Å². The van der Waals surface area contributed by atoms with Crippen LogP contribution < -0.4 is 0 Å². The molecule has 1 fully saturated rings. The molecule has 3 heteroatoms. The van der Waals surface area contributed by atoms with Gasteiger partial charge in [-0.15, -0.1) is 12.5 Å². The summed E-state index contributed by atoms with van der Waals surface area (Å²) in [6.45, 7) is 7.27. The Labute approximate surface area is 116 Å². The minimum absolute atomic E-state index is 0.0736. The third-order valence-electron chi connectivity index (χ3n) is 3.01. The molecule has 3 atom stereocenters. The van der Waals surface area contributed by atoms with Crippen molar-refractivity contribution in [2.45, 2.75) is 70.7 Å². The first-order valence-electron chi connectivity index (χ1n) is 7.11. The van der Waals surface area contributed by atoms with Crippen molar-refractivity contribution in [3.05, 3.63) is 12.7 Å². The summed E-state index contributed by atoms with van der Waals surface area (Å²) in [6, 6.07) is 0. The predicted molar refractivity (Wildman–Crippen MR) is 75.6 cm³/mol. The van der Waals surface area contributed by atoms with Crippen molar-refractivity contribution < 1.29 is 14.3 Å². The number of unbranched alkanes of at least 4 members (excludes halogenated alkanes) is 4. The van der Waals surface area contributed by atoms with Crippen LogP contribution in [-0.4, -0.2) is 24.3 Å². The van der Waals surface area contributed by atoms with Gasteiger partial charge in [-0.05, 0) is 6.42 Å². The second kappa shape index (κ2) is 8.77. The van der Waals surface area contributed by atoms with Gasteiger partial charge >= 0.3 is 5.97 Å². The molecule has 0 aromatic heterocycles. The van der Waals surface area contributed by atoms with Gasteiger partial charge in [-0.25, -0.2) is 0 Å². The van der Waals surface area contributed by atoms with Crippen molar-refractivity contribution in [2.24, 2.45) is 0 Å². The van der Waals surface area contributed by atoms with E-state index in [1.165, 1.54) is 26.2 Å². The average molecular weight is 264 g/mol. The zero-order valence-corrected chi connectivity index (χ0v) is 12.0. The van der Waals surface area contributed by atoms with E-state index in [9.17, 15) is 4.79 Å². The summed E-state index contributed by atoms with van der Waals surface area (Å²) in [5.74, 6) is 5.96. The van der Waals surface area contributed by atoms with Crippen molar-refractivity contribution in [1.29, 1.82) is 0 Å². The van der Waals surface area contributed by atoms with Crippen LogP contribution in [0.15, 0.2) is 12.7 Å².